The fourth-order valence-corrected chi connectivity index (χ4v) is 15.5. The fraction of sp³-hybridized carbons (Fsp3) is 1.00. The first-order chi connectivity index (χ1) is 26.3. The number of hydrogen-bond acceptors (Lipinski definition) is 0. The Balaban J connectivity index is 0.954. The molecular weight excluding hydrogens is 637 g/mol. The molecule has 7 saturated carbocycles. The molecule has 0 aliphatic heterocycles. The van der Waals surface area contributed by atoms with Crippen LogP contribution in [0.15, 0.2) is 0 Å². The van der Waals surface area contributed by atoms with Crippen LogP contribution in [-0.2, 0) is 0 Å². The van der Waals surface area contributed by atoms with E-state index in [4.69, 9.17) is 0 Å². The predicted molar refractivity (Wildman–Crippen MR) is 231 cm³/mol. The normalized spacial score (nSPS) is 43.0. The van der Waals surface area contributed by atoms with E-state index in [1.807, 2.05) is 0 Å². The van der Waals surface area contributed by atoms with Crippen LogP contribution in [0, 0.1) is 71.0 Å². The third kappa shape index (κ3) is 13.0. The molecule has 0 spiro atoms. The van der Waals surface area contributed by atoms with Gasteiger partial charge < -0.3 is 0 Å². The van der Waals surface area contributed by atoms with Gasteiger partial charge in [-0.1, -0.05) is 244 Å². The zero-order valence-corrected chi connectivity index (χ0v) is 35.9. The van der Waals surface area contributed by atoms with Crippen LogP contribution in [0.5, 0.6) is 0 Å². The van der Waals surface area contributed by atoms with Gasteiger partial charge in [0.2, 0.25) is 0 Å². The molecule has 7 rings (SSSR count). The predicted octanol–water partition coefficient (Wildman–Crippen LogP) is 17.5. The Morgan fingerprint density at radius 2 is 0.377 bits per heavy atom. The highest BCUT2D eigenvalue weighted by Gasteiger charge is 2.47. The summed E-state index contributed by atoms with van der Waals surface area (Å²) in [6.45, 7) is 0. The van der Waals surface area contributed by atoms with Gasteiger partial charge >= 0.3 is 0 Å². The van der Waals surface area contributed by atoms with Crippen LogP contribution >= 0.6 is 0 Å². The van der Waals surface area contributed by atoms with Crippen LogP contribution in [0.4, 0.5) is 0 Å². The van der Waals surface area contributed by atoms with Gasteiger partial charge in [-0.05, 0) is 90.3 Å². The van der Waals surface area contributed by atoms with Crippen LogP contribution in [0.3, 0.4) is 0 Å². The molecule has 0 saturated heterocycles. The van der Waals surface area contributed by atoms with E-state index in [9.17, 15) is 0 Å². The van der Waals surface area contributed by atoms with Gasteiger partial charge in [0, 0.05) is 0 Å². The lowest BCUT2D eigenvalue weighted by Crippen LogP contribution is -2.24. The second-order valence-electron chi connectivity index (χ2n) is 22.0. The number of hydrogen-bond donors (Lipinski definition) is 0. The van der Waals surface area contributed by atoms with Crippen molar-refractivity contribution in [3.8, 4) is 0 Å². The smallest absolute Gasteiger partial charge is 0.0352 e. The van der Waals surface area contributed by atoms with E-state index in [0.29, 0.717) is 0 Å². The Bertz CT molecular complexity index is 965. The van der Waals surface area contributed by atoms with Crippen LogP contribution < -0.4 is 0 Å². The van der Waals surface area contributed by atoms with Crippen molar-refractivity contribution < 1.29 is 0 Å². The van der Waals surface area contributed by atoms with E-state index in [-0.39, 0.29) is 0 Å². The summed E-state index contributed by atoms with van der Waals surface area (Å²) in [6, 6.07) is 0. The van der Waals surface area contributed by atoms with Crippen LogP contribution in [0.1, 0.15) is 263 Å². The van der Waals surface area contributed by atoms with Gasteiger partial charge in [0.25, 0.3) is 0 Å². The Hall–Kier alpha value is 0. The van der Waals surface area contributed by atoms with E-state index >= 15 is 0 Å². The van der Waals surface area contributed by atoms with Gasteiger partial charge in [0.1, 0.15) is 0 Å². The molecule has 0 radical (unpaired) electrons. The van der Waals surface area contributed by atoms with Gasteiger partial charge in [0.05, 0.1) is 0 Å². The molecule has 0 N–H and O–H groups in total. The summed E-state index contributed by atoms with van der Waals surface area (Å²) in [6.07, 6.45) is 64.5. The topological polar surface area (TPSA) is 0 Å². The highest BCUT2D eigenvalue weighted by atomic mass is 14.5. The van der Waals surface area contributed by atoms with Crippen molar-refractivity contribution >= 4 is 0 Å². The molecule has 0 aromatic heterocycles. The Labute approximate surface area is 333 Å². The first-order valence-electron chi connectivity index (χ1n) is 26.3. The molecule has 0 heteroatoms. The second kappa shape index (κ2) is 22.8. The molecule has 12 unspecified atom stereocenters. The number of fused-ring (bicyclic) bond motifs is 7. The van der Waals surface area contributed by atoms with Crippen molar-refractivity contribution in [2.45, 2.75) is 263 Å². The Kier molecular flexibility index (Phi) is 17.7. The van der Waals surface area contributed by atoms with E-state index in [2.05, 4.69) is 0 Å². The Morgan fingerprint density at radius 1 is 0.132 bits per heavy atom. The van der Waals surface area contributed by atoms with Gasteiger partial charge in [-0.3, -0.25) is 0 Å². The minimum absolute atomic E-state index is 1.06. The maximum absolute atomic E-state index is 1.65. The molecule has 0 amide bonds. The van der Waals surface area contributed by atoms with E-state index in [0.717, 1.165) is 71.0 Å². The first kappa shape index (κ1) is 41.2. The molecule has 0 heterocycles. The molecule has 7 aliphatic rings. The molecule has 53 heavy (non-hydrogen) atoms. The van der Waals surface area contributed by atoms with Crippen LogP contribution in [0.25, 0.3) is 0 Å². The third-order valence-corrected chi connectivity index (χ3v) is 18.7. The quantitative estimate of drug-likeness (QED) is 0.233. The number of rotatable bonds is 0. The summed E-state index contributed by atoms with van der Waals surface area (Å²) >= 11 is 0. The highest BCUT2D eigenvalue weighted by molar-refractivity contribution is 4.97. The van der Waals surface area contributed by atoms with Crippen molar-refractivity contribution in [1.82, 2.24) is 0 Å². The van der Waals surface area contributed by atoms with Crippen molar-refractivity contribution in [2.75, 3.05) is 0 Å². The first-order valence-corrected chi connectivity index (χ1v) is 26.3. The van der Waals surface area contributed by atoms with Gasteiger partial charge in [0.15, 0.2) is 0 Å². The second-order valence-corrected chi connectivity index (χ2v) is 22.0. The van der Waals surface area contributed by atoms with Crippen molar-refractivity contribution in [3.63, 3.8) is 0 Å². The lowest BCUT2D eigenvalue weighted by atomic mass is 9.70. The lowest BCUT2D eigenvalue weighted by Gasteiger charge is -2.35. The molecule has 0 aromatic carbocycles. The molecular formula is C53H94. The highest BCUT2D eigenvalue weighted by Crippen LogP contribution is 2.56. The monoisotopic (exact) mass is 731 g/mol. The van der Waals surface area contributed by atoms with Crippen LogP contribution in [-0.4, -0.2) is 0 Å². The Morgan fingerprint density at radius 3 is 0.755 bits per heavy atom. The minimum Gasteiger partial charge on any atom is -0.0533 e. The average Bonchev–Trinajstić information content (AvgIpc) is 3.92. The van der Waals surface area contributed by atoms with E-state index in [1.165, 1.54) is 57.8 Å². The largest absolute Gasteiger partial charge is 0.0533 e. The summed E-state index contributed by atoms with van der Waals surface area (Å²) < 4.78 is 0. The van der Waals surface area contributed by atoms with Gasteiger partial charge in [-0.25, -0.2) is 0 Å². The fourth-order valence-electron chi connectivity index (χ4n) is 15.5. The summed E-state index contributed by atoms with van der Waals surface area (Å²) in [4.78, 5) is 0. The molecule has 7 aliphatic carbocycles. The maximum atomic E-state index is 1.65. The van der Waals surface area contributed by atoms with Crippen LogP contribution in [0.2, 0.25) is 0 Å². The standard InChI is InChI=1S/C53H94/c1-2-5-9-22-42-26-13-14-27-43-28-15-16-39-52-49(36-19-32-47(43)31-17-29-44(42)23-10-6-3-1)37-20-35-48-34-18-30-45-24-11-7-4-8-12-25-46(45)33-21-38-50(48)40-51-41-53(51)52/h42-53H,1-41H2. The third-order valence-electron chi connectivity index (χ3n) is 18.7. The summed E-state index contributed by atoms with van der Waals surface area (Å²) in [7, 11) is 0. The molecule has 306 valence electrons. The lowest BCUT2D eigenvalue weighted by molar-refractivity contribution is 0.156. The average molecular weight is 731 g/mol. The van der Waals surface area contributed by atoms with Crippen molar-refractivity contribution in [2.24, 2.45) is 71.0 Å². The van der Waals surface area contributed by atoms with Gasteiger partial charge in [-0.2, -0.15) is 0 Å². The summed E-state index contributed by atoms with van der Waals surface area (Å²) in [5, 5.41) is 0. The zero-order chi connectivity index (χ0) is 35.9. The SMILES string of the molecule is C1CCCCC2CCCCC3CCCCC4C(CCCC3CCCC2CCCC1)CCCC1CCCC2CCCCCCCC2CCCC1CC1CC14. The van der Waals surface area contributed by atoms with E-state index < -0.39 is 0 Å². The molecule has 0 aromatic rings. The maximum Gasteiger partial charge on any atom is -0.0352 e. The summed E-state index contributed by atoms with van der Waals surface area (Å²) in [5.41, 5.74) is 0. The summed E-state index contributed by atoms with van der Waals surface area (Å²) in [5.74, 6) is 13.0. The molecule has 0 bridgehead atoms. The minimum atomic E-state index is 1.06. The molecule has 7 fully saturated rings. The van der Waals surface area contributed by atoms with Crippen molar-refractivity contribution in [1.29, 1.82) is 0 Å². The van der Waals surface area contributed by atoms with Gasteiger partial charge in [-0.15, -0.1) is 0 Å². The zero-order valence-electron chi connectivity index (χ0n) is 35.9. The van der Waals surface area contributed by atoms with Crippen molar-refractivity contribution in [3.05, 3.63) is 0 Å². The molecule has 0 nitrogen and oxygen atoms in total. The molecule has 12 atom stereocenters. The van der Waals surface area contributed by atoms with E-state index in [1.54, 1.807) is 205 Å².